The van der Waals surface area contributed by atoms with Crippen LogP contribution in [0.2, 0.25) is 0 Å². The number of nitrogens with two attached hydrogens (primary N) is 1. The Morgan fingerprint density at radius 1 is 1.24 bits per heavy atom. The lowest BCUT2D eigenvalue weighted by Crippen LogP contribution is -2.76. The lowest BCUT2D eigenvalue weighted by molar-refractivity contribution is -0.218. The Bertz CT molecular complexity index is 1790. The number of carbonyl (C=O) groups excluding carboxylic acids is 2. The molecule has 2 aromatic heterocycles. The third kappa shape index (κ3) is 6.90. The topological polar surface area (TPSA) is 236 Å². The van der Waals surface area contributed by atoms with Gasteiger partial charge in [-0.1, -0.05) is 12.1 Å². The molecule has 1 aromatic carbocycles. The Morgan fingerprint density at radius 2 is 1.98 bits per heavy atom. The molecule has 0 aliphatic carbocycles. The van der Waals surface area contributed by atoms with Gasteiger partial charge in [0.2, 0.25) is 0 Å². The van der Waals surface area contributed by atoms with Gasteiger partial charge in [-0.15, -0.1) is 15.6 Å². The Hall–Kier alpha value is -4.59. The summed E-state index contributed by atoms with van der Waals surface area (Å²) in [7, 11) is -5.01. The number of hydrogen-bond acceptors (Lipinski definition) is 14. The molecule has 0 saturated carbocycles. The van der Waals surface area contributed by atoms with E-state index in [0.717, 1.165) is 41.1 Å². The highest BCUT2D eigenvalue weighted by atomic mass is 32.3. The molecule has 4 heterocycles. The highest BCUT2D eigenvalue weighted by Gasteiger charge is 2.58. The van der Waals surface area contributed by atoms with Crippen molar-refractivity contribution in [2.24, 2.45) is 11.1 Å². The summed E-state index contributed by atoms with van der Waals surface area (Å²) in [6.45, 7) is 6.30. The lowest BCUT2D eigenvalue weighted by atomic mass is 9.84. The number of carboxylic acids is 1. The monoisotopic (exact) mass is 663 g/mol. The molecule has 0 spiro atoms. The van der Waals surface area contributed by atoms with Crippen LogP contribution >= 0.6 is 11.3 Å². The van der Waals surface area contributed by atoms with Gasteiger partial charge >= 0.3 is 16.4 Å². The van der Waals surface area contributed by atoms with E-state index in [4.69, 9.17) is 19.9 Å². The van der Waals surface area contributed by atoms with Crippen molar-refractivity contribution >= 4 is 67.1 Å². The van der Waals surface area contributed by atoms with Crippen molar-refractivity contribution in [2.45, 2.75) is 38.5 Å². The maximum atomic E-state index is 13.2. The number of rotatable bonds is 12. The van der Waals surface area contributed by atoms with Gasteiger partial charge in [-0.25, -0.2) is 14.8 Å². The standard InChI is InChI=1S/C26H29N7O10S2/c1-13-9-32(10-13)19-7-4-14-8-15(5-6-16(14)28-19)41-11-18(24(36)37)42-31-20(17-12-44-25(27)29-17)22(34)30-21-23(35)33(26(21,2)3)43-45(38,39)40/h4-8,12-13,18,21H,9-11H2,1-3H3,(H2,27,29)(H,30,34)(H,36,37)(H,38,39,40)/b31-20-/t18-,21+/m0/s1. The van der Waals surface area contributed by atoms with E-state index in [1.54, 1.807) is 18.2 Å². The molecule has 2 fully saturated rings. The zero-order valence-electron chi connectivity index (χ0n) is 24.1. The molecule has 0 radical (unpaired) electrons. The second kappa shape index (κ2) is 12.1. The normalized spacial score (nSPS) is 19.1. The van der Waals surface area contributed by atoms with Crippen LogP contribution in [-0.4, -0.2) is 94.0 Å². The molecule has 19 heteroatoms. The average molecular weight is 664 g/mol. The van der Waals surface area contributed by atoms with Crippen molar-refractivity contribution in [1.82, 2.24) is 20.3 Å². The number of oxime groups is 1. The molecule has 3 aromatic rings. The fourth-order valence-corrected chi connectivity index (χ4v) is 5.70. The van der Waals surface area contributed by atoms with E-state index < -0.39 is 58.2 Å². The van der Waals surface area contributed by atoms with Crippen molar-refractivity contribution in [3.63, 3.8) is 0 Å². The molecule has 2 amide bonds. The summed E-state index contributed by atoms with van der Waals surface area (Å²) in [5.41, 5.74) is 4.42. The maximum Gasteiger partial charge on any atom is 0.418 e. The quantitative estimate of drug-likeness (QED) is 0.0909. The van der Waals surface area contributed by atoms with E-state index in [0.29, 0.717) is 16.7 Å². The number of amides is 2. The van der Waals surface area contributed by atoms with Gasteiger partial charge in [0.05, 0.1) is 11.1 Å². The van der Waals surface area contributed by atoms with Crippen LogP contribution in [0.3, 0.4) is 0 Å². The van der Waals surface area contributed by atoms with Crippen LogP contribution in [0, 0.1) is 5.92 Å². The van der Waals surface area contributed by atoms with Gasteiger partial charge in [-0.3, -0.25) is 14.1 Å². The predicted octanol–water partition coefficient (Wildman–Crippen LogP) is 0.823. The molecule has 0 bridgehead atoms. The number of carboxylic acid groups (broad SMARTS) is 1. The van der Waals surface area contributed by atoms with Gasteiger partial charge in [-0.2, -0.15) is 13.5 Å². The third-order valence-electron chi connectivity index (χ3n) is 7.08. The number of carbonyl (C=O) groups is 3. The summed E-state index contributed by atoms with van der Waals surface area (Å²) in [5.74, 6) is -1.60. The van der Waals surface area contributed by atoms with E-state index >= 15 is 0 Å². The van der Waals surface area contributed by atoms with Gasteiger partial charge in [-0.05, 0) is 50.1 Å². The number of aliphatic carboxylic acids is 1. The van der Waals surface area contributed by atoms with E-state index in [-0.39, 0.29) is 10.8 Å². The fourth-order valence-electron chi connectivity index (χ4n) is 4.70. The molecule has 2 atom stereocenters. The van der Waals surface area contributed by atoms with E-state index in [1.165, 1.54) is 19.2 Å². The van der Waals surface area contributed by atoms with Crippen molar-refractivity contribution < 1.29 is 46.3 Å². The largest absolute Gasteiger partial charge is 0.489 e. The van der Waals surface area contributed by atoms with Crippen LogP contribution in [0.25, 0.3) is 10.9 Å². The Morgan fingerprint density at radius 3 is 2.58 bits per heavy atom. The second-order valence-electron chi connectivity index (χ2n) is 11.0. The zero-order valence-corrected chi connectivity index (χ0v) is 25.7. The molecule has 17 nitrogen and oxygen atoms in total. The number of ether oxygens (including phenoxy) is 1. The van der Waals surface area contributed by atoms with Crippen molar-refractivity contribution in [1.29, 1.82) is 0 Å². The molecule has 5 N–H and O–H groups in total. The number of hydroxylamine groups is 2. The molecule has 5 rings (SSSR count). The molecular weight excluding hydrogens is 634 g/mol. The smallest absolute Gasteiger partial charge is 0.418 e. The summed E-state index contributed by atoms with van der Waals surface area (Å²) in [6.07, 6.45) is -1.67. The van der Waals surface area contributed by atoms with Crippen LogP contribution in [0.5, 0.6) is 5.75 Å². The minimum Gasteiger partial charge on any atom is -0.489 e. The third-order valence-corrected chi connectivity index (χ3v) is 8.09. The summed E-state index contributed by atoms with van der Waals surface area (Å²) in [6, 6.07) is 7.59. The van der Waals surface area contributed by atoms with Gasteiger partial charge < -0.3 is 30.6 Å². The van der Waals surface area contributed by atoms with Gasteiger partial charge in [0.15, 0.2) is 10.8 Å². The molecule has 2 aliphatic heterocycles. The molecule has 45 heavy (non-hydrogen) atoms. The Balaban J connectivity index is 1.28. The average Bonchev–Trinajstić information content (AvgIpc) is 3.39. The number of fused-ring (bicyclic) bond motifs is 1. The summed E-state index contributed by atoms with van der Waals surface area (Å²) >= 11 is 0.964. The minimum atomic E-state index is -5.01. The summed E-state index contributed by atoms with van der Waals surface area (Å²) < 4.78 is 41.1. The molecule has 0 unspecified atom stereocenters. The van der Waals surface area contributed by atoms with E-state index in [2.05, 4.69) is 36.5 Å². The Labute approximate surface area is 260 Å². The predicted molar refractivity (Wildman–Crippen MR) is 160 cm³/mol. The number of aromatic nitrogens is 2. The maximum absolute atomic E-state index is 13.2. The number of nitrogens with zero attached hydrogens (tertiary/aromatic N) is 5. The number of nitrogens with one attached hydrogen (secondary N) is 1. The zero-order chi connectivity index (χ0) is 32.7. The molecular formula is C26H29N7O10S2. The number of nitrogen functional groups attached to an aromatic ring is 1. The van der Waals surface area contributed by atoms with Crippen LogP contribution in [0.1, 0.15) is 26.5 Å². The van der Waals surface area contributed by atoms with Crippen molar-refractivity contribution in [2.75, 3.05) is 30.3 Å². The van der Waals surface area contributed by atoms with Crippen molar-refractivity contribution in [3.8, 4) is 5.75 Å². The summed E-state index contributed by atoms with van der Waals surface area (Å²) in [5, 5.41) is 18.4. The van der Waals surface area contributed by atoms with E-state index in [1.807, 2.05) is 12.1 Å². The lowest BCUT2D eigenvalue weighted by Gasteiger charge is -2.50. The van der Waals surface area contributed by atoms with E-state index in [9.17, 15) is 27.9 Å². The van der Waals surface area contributed by atoms with Crippen LogP contribution in [0.15, 0.2) is 40.9 Å². The number of thiazole rings is 1. The van der Waals surface area contributed by atoms with Crippen LogP contribution < -0.4 is 20.7 Å². The first-order valence-corrected chi connectivity index (χ1v) is 15.7. The number of β-lactam (4-membered cyclic amide) rings is 1. The Kier molecular flexibility index (Phi) is 8.53. The van der Waals surface area contributed by atoms with Gasteiger partial charge in [0.25, 0.3) is 17.9 Å². The highest BCUT2D eigenvalue weighted by molar-refractivity contribution is 7.80. The second-order valence-corrected chi connectivity index (χ2v) is 12.9. The first-order valence-electron chi connectivity index (χ1n) is 13.4. The summed E-state index contributed by atoms with van der Waals surface area (Å²) in [4.78, 5) is 53.7. The van der Waals surface area contributed by atoms with Gasteiger partial charge in [0.1, 0.15) is 29.9 Å². The van der Waals surface area contributed by atoms with Crippen molar-refractivity contribution in [3.05, 3.63) is 41.4 Å². The first-order chi connectivity index (χ1) is 21.1. The van der Waals surface area contributed by atoms with Crippen LogP contribution in [0.4, 0.5) is 10.9 Å². The minimum absolute atomic E-state index is 0.0637. The molecule has 2 aliphatic rings. The van der Waals surface area contributed by atoms with Gasteiger partial charge in [0, 0.05) is 23.9 Å². The fraction of sp³-hybridized carbons (Fsp3) is 0.385. The number of benzene rings is 1. The highest BCUT2D eigenvalue weighted by Crippen LogP contribution is 2.33. The first kappa shape index (κ1) is 31.8. The molecule has 240 valence electrons. The number of hydrogen-bond donors (Lipinski definition) is 4. The number of pyridine rings is 1. The SMILES string of the molecule is CC1CN(c2ccc3cc(OC[C@H](O/N=C(\C(=O)N[C@@H]4C(=O)N(OS(=O)(=O)O)C4(C)C)c4csc(N)n4)C(=O)O)ccc3n2)C1. The van der Waals surface area contributed by atoms with Crippen LogP contribution in [-0.2, 0) is 33.9 Å². The molecule has 2 saturated heterocycles. The number of anilines is 2.